The second kappa shape index (κ2) is 11.7. The fourth-order valence-corrected chi connectivity index (χ4v) is 3.22. The lowest BCUT2D eigenvalue weighted by Gasteiger charge is -2.27. The molecular formula is C25H30IN3O2. The Labute approximate surface area is 201 Å². The van der Waals surface area contributed by atoms with E-state index in [1.807, 2.05) is 98.8 Å². The van der Waals surface area contributed by atoms with E-state index in [9.17, 15) is 5.11 Å². The minimum atomic E-state index is -1.16. The lowest BCUT2D eigenvalue weighted by Crippen LogP contribution is -2.34. The Morgan fingerprint density at radius 3 is 2.13 bits per heavy atom. The van der Waals surface area contributed by atoms with Crippen LogP contribution in [0.25, 0.3) is 0 Å². The summed E-state index contributed by atoms with van der Waals surface area (Å²) in [7, 11) is 0. The number of nitrogens with one attached hydrogen (secondary N) is 1. The van der Waals surface area contributed by atoms with Gasteiger partial charge in [0.15, 0.2) is 5.96 Å². The largest absolute Gasteiger partial charge is 0.491 e. The summed E-state index contributed by atoms with van der Waals surface area (Å²) in [6.07, 6.45) is 0.561. The molecule has 0 heterocycles. The summed E-state index contributed by atoms with van der Waals surface area (Å²) in [5, 5.41) is 14.5. The summed E-state index contributed by atoms with van der Waals surface area (Å²) in [6, 6.07) is 27.0. The molecule has 0 bridgehead atoms. The molecule has 3 rings (SSSR count). The van der Waals surface area contributed by atoms with Crippen molar-refractivity contribution < 1.29 is 9.84 Å². The molecule has 0 aromatic heterocycles. The van der Waals surface area contributed by atoms with Crippen LogP contribution in [0.3, 0.4) is 0 Å². The van der Waals surface area contributed by atoms with Crippen molar-refractivity contribution in [2.75, 3.05) is 11.9 Å². The minimum Gasteiger partial charge on any atom is -0.491 e. The predicted molar refractivity (Wildman–Crippen MR) is 138 cm³/mol. The first-order chi connectivity index (χ1) is 14.4. The highest BCUT2D eigenvalue weighted by Crippen LogP contribution is 2.26. The van der Waals surface area contributed by atoms with Gasteiger partial charge in [0.1, 0.15) is 11.4 Å². The molecule has 0 fully saturated rings. The maximum absolute atomic E-state index is 11.5. The van der Waals surface area contributed by atoms with Gasteiger partial charge < -0.3 is 20.9 Å². The molecule has 1 unspecified atom stereocenters. The van der Waals surface area contributed by atoms with E-state index in [0.29, 0.717) is 6.42 Å². The van der Waals surface area contributed by atoms with Crippen molar-refractivity contribution in [2.24, 2.45) is 10.7 Å². The summed E-state index contributed by atoms with van der Waals surface area (Å²) >= 11 is 0. The molecule has 4 N–H and O–H groups in total. The number of halogens is 1. The Bertz CT molecular complexity index is 948. The molecule has 31 heavy (non-hydrogen) atoms. The first kappa shape index (κ1) is 24.7. The van der Waals surface area contributed by atoms with Crippen LogP contribution in [0.15, 0.2) is 89.9 Å². The summed E-state index contributed by atoms with van der Waals surface area (Å²) in [5.41, 5.74) is 7.58. The maximum atomic E-state index is 11.5. The second-order valence-electron chi connectivity index (χ2n) is 7.58. The molecule has 0 aliphatic carbocycles. The Morgan fingerprint density at radius 2 is 1.55 bits per heavy atom. The van der Waals surface area contributed by atoms with Crippen LogP contribution < -0.4 is 15.8 Å². The Morgan fingerprint density at radius 1 is 0.968 bits per heavy atom. The van der Waals surface area contributed by atoms with Gasteiger partial charge in [-0.3, -0.25) is 0 Å². The van der Waals surface area contributed by atoms with Gasteiger partial charge in [0.2, 0.25) is 0 Å². The molecule has 1 atom stereocenters. The number of benzene rings is 3. The number of hydrogen-bond donors (Lipinski definition) is 3. The third-order valence-corrected chi connectivity index (χ3v) is 4.66. The number of ether oxygens (including phenoxy) is 1. The van der Waals surface area contributed by atoms with Gasteiger partial charge in [-0.05, 0) is 49.2 Å². The number of aliphatic imine (C=N–C) groups is 1. The zero-order valence-corrected chi connectivity index (χ0v) is 20.2. The molecule has 0 saturated carbocycles. The van der Waals surface area contributed by atoms with Crippen LogP contribution in [-0.2, 0) is 12.0 Å². The van der Waals surface area contributed by atoms with Crippen LogP contribution in [0.2, 0.25) is 0 Å². The van der Waals surface area contributed by atoms with E-state index in [1.165, 1.54) is 0 Å². The SMILES string of the molecule is CC(C)Oc1ccc(NC(N)=NCC(O)(Cc2ccccc2)c2ccccc2)cc1.I. The number of hydrogen-bond acceptors (Lipinski definition) is 3. The average molecular weight is 531 g/mol. The molecule has 3 aromatic rings. The first-order valence-electron chi connectivity index (χ1n) is 10.1. The van der Waals surface area contributed by atoms with Crippen molar-refractivity contribution in [1.82, 2.24) is 0 Å². The van der Waals surface area contributed by atoms with Crippen molar-refractivity contribution in [3.8, 4) is 5.75 Å². The average Bonchev–Trinajstić information content (AvgIpc) is 2.75. The number of nitrogens with zero attached hydrogens (tertiary/aromatic N) is 1. The van der Waals surface area contributed by atoms with Crippen LogP contribution in [0.5, 0.6) is 5.75 Å². The van der Waals surface area contributed by atoms with Gasteiger partial charge in [0.25, 0.3) is 0 Å². The molecule has 0 saturated heterocycles. The third kappa shape index (κ3) is 7.56. The molecule has 3 aromatic carbocycles. The number of nitrogens with two attached hydrogens (primary N) is 1. The van der Waals surface area contributed by atoms with Crippen molar-refractivity contribution in [3.63, 3.8) is 0 Å². The molecule has 0 aliphatic rings. The lowest BCUT2D eigenvalue weighted by atomic mass is 9.87. The van der Waals surface area contributed by atoms with E-state index in [4.69, 9.17) is 10.5 Å². The van der Waals surface area contributed by atoms with Gasteiger partial charge in [-0.25, -0.2) is 4.99 Å². The topological polar surface area (TPSA) is 79.9 Å². The lowest BCUT2D eigenvalue weighted by molar-refractivity contribution is 0.0468. The summed E-state index contributed by atoms with van der Waals surface area (Å²) in [4.78, 5) is 4.44. The van der Waals surface area contributed by atoms with E-state index >= 15 is 0 Å². The van der Waals surface area contributed by atoms with Crippen LogP contribution in [0.1, 0.15) is 25.0 Å². The summed E-state index contributed by atoms with van der Waals surface area (Å²) < 4.78 is 5.65. The molecule has 0 aliphatic heterocycles. The fraction of sp³-hybridized carbons (Fsp3) is 0.240. The zero-order valence-electron chi connectivity index (χ0n) is 17.9. The Hall–Kier alpha value is -2.58. The Balaban J connectivity index is 0.00000341. The van der Waals surface area contributed by atoms with Crippen molar-refractivity contribution in [2.45, 2.75) is 32.0 Å². The quantitative estimate of drug-likeness (QED) is 0.218. The zero-order chi connectivity index (χ0) is 21.4. The van der Waals surface area contributed by atoms with Crippen LogP contribution >= 0.6 is 24.0 Å². The van der Waals surface area contributed by atoms with Gasteiger partial charge in [-0.2, -0.15) is 0 Å². The van der Waals surface area contributed by atoms with Gasteiger partial charge in [-0.1, -0.05) is 60.7 Å². The number of guanidine groups is 1. The van der Waals surface area contributed by atoms with Gasteiger partial charge in [-0.15, -0.1) is 24.0 Å². The van der Waals surface area contributed by atoms with Gasteiger partial charge in [0, 0.05) is 12.1 Å². The van der Waals surface area contributed by atoms with Crippen molar-refractivity contribution in [1.29, 1.82) is 0 Å². The maximum Gasteiger partial charge on any atom is 0.193 e. The predicted octanol–water partition coefficient (Wildman–Crippen LogP) is 4.95. The molecule has 0 spiro atoms. The first-order valence-corrected chi connectivity index (χ1v) is 10.1. The minimum absolute atomic E-state index is 0. The highest BCUT2D eigenvalue weighted by Gasteiger charge is 2.29. The number of anilines is 1. The molecule has 0 amide bonds. The molecule has 6 heteroatoms. The number of rotatable bonds is 8. The van der Waals surface area contributed by atoms with E-state index in [1.54, 1.807) is 0 Å². The molecule has 5 nitrogen and oxygen atoms in total. The molecule has 164 valence electrons. The Kier molecular flexibility index (Phi) is 9.33. The second-order valence-corrected chi connectivity index (χ2v) is 7.58. The van der Waals surface area contributed by atoms with Crippen LogP contribution in [0.4, 0.5) is 5.69 Å². The van der Waals surface area contributed by atoms with Gasteiger partial charge in [0.05, 0.1) is 12.6 Å². The van der Waals surface area contributed by atoms with Crippen molar-refractivity contribution in [3.05, 3.63) is 96.1 Å². The van der Waals surface area contributed by atoms with Gasteiger partial charge >= 0.3 is 0 Å². The summed E-state index contributed by atoms with van der Waals surface area (Å²) in [6.45, 7) is 4.11. The highest BCUT2D eigenvalue weighted by molar-refractivity contribution is 14.0. The third-order valence-electron chi connectivity index (χ3n) is 4.66. The van der Waals surface area contributed by atoms with Crippen molar-refractivity contribution >= 4 is 35.6 Å². The van der Waals surface area contributed by atoms with Crippen LogP contribution in [-0.4, -0.2) is 23.7 Å². The summed E-state index contributed by atoms with van der Waals surface area (Å²) in [5.74, 6) is 1.04. The molecular weight excluding hydrogens is 501 g/mol. The highest BCUT2D eigenvalue weighted by atomic mass is 127. The van der Waals surface area contributed by atoms with E-state index in [2.05, 4.69) is 10.3 Å². The molecule has 0 radical (unpaired) electrons. The van der Waals surface area contributed by atoms with E-state index in [-0.39, 0.29) is 42.6 Å². The smallest absolute Gasteiger partial charge is 0.193 e. The van der Waals surface area contributed by atoms with Crippen LogP contribution in [0, 0.1) is 0 Å². The normalized spacial score (nSPS) is 13.2. The fourth-order valence-electron chi connectivity index (χ4n) is 3.22. The monoisotopic (exact) mass is 531 g/mol. The van der Waals surface area contributed by atoms with E-state index in [0.717, 1.165) is 22.6 Å². The van der Waals surface area contributed by atoms with E-state index < -0.39 is 5.60 Å². The standard InChI is InChI=1S/C25H29N3O2.HI/c1-19(2)30-23-15-13-22(14-16-23)28-24(26)27-18-25(29,21-11-7-4-8-12-21)17-20-9-5-3-6-10-20;/h3-16,19,29H,17-18H2,1-2H3,(H3,26,27,28);1H. The number of aliphatic hydroxyl groups is 1.